The number of thiazole rings is 1. The van der Waals surface area contributed by atoms with E-state index in [2.05, 4.69) is 22.4 Å². The van der Waals surface area contributed by atoms with Crippen LogP contribution >= 0.6 is 22.9 Å². The largest absolute Gasteiger partial charge is 0.313 e. The molecule has 0 bridgehead atoms. The lowest BCUT2D eigenvalue weighted by Gasteiger charge is -2.07. The van der Waals surface area contributed by atoms with Gasteiger partial charge in [-0.05, 0) is 36.6 Å². The van der Waals surface area contributed by atoms with Gasteiger partial charge < -0.3 is 5.32 Å². The van der Waals surface area contributed by atoms with E-state index in [9.17, 15) is 8.42 Å². The Bertz CT molecular complexity index is 1490. The zero-order chi connectivity index (χ0) is 22.1. The Morgan fingerprint density at radius 2 is 1.84 bits per heavy atom. The molecule has 3 heterocycles. The third-order valence-electron chi connectivity index (χ3n) is 5.41. The van der Waals surface area contributed by atoms with E-state index in [1.807, 2.05) is 42.5 Å². The van der Waals surface area contributed by atoms with E-state index in [0.29, 0.717) is 10.5 Å². The second-order valence-electron chi connectivity index (χ2n) is 7.50. The van der Waals surface area contributed by atoms with Crippen LogP contribution in [0, 0.1) is 0 Å². The second-order valence-corrected chi connectivity index (χ2v) is 10.5. The molecule has 3 aromatic heterocycles. The van der Waals surface area contributed by atoms with Gasteiger partial charge in [-0.15, -0.1) is 11.3 Å². The topological polar surface area (TPSA) is 68.4 Å². The highest BCUT2D eigenvalue weighted by atomic mass is 35.5. The van der Waals surface area contributed by atoms with Crippen molar-refractivity contribution in [2.75, 3.05) is 6.54 Å². The minimum Gasteiger partial charge on any atom is -0.313 e. The molecule has 0 radical (unpaired) electrons. The molecule has 5 rings (SSSR count). The van der Waals surface area contributed by atoms with Crippen molar-refractivity contribution in [3.63, 3.8) is 0 Å². The summed E-state index contributed by atoms with van der Waals surface area (Å²) in [5.41, 5.74) is 2.88. The second kappa shape index (κ2) is 8.71. The van der Waals surface area contributed by atoms with E-state index in [-0.39, 0.29) is 10.2 Å². The maximum absolute atomic E-state index is 13.6. The van der Waals surface area contributed by atoms with Crippen LogP contribution < -0.4 is 5.32 Å². The first-order valence-corrected chi connectivity index (χ1v) is 13.0. The van der Waals surface area contributed by atoms with Crippen LogP contribution in [0.3, 0.4) is 0 Å². The van der Waals surface area contributed by atoms with E-state index in [1.165, 1.54) is 25.3 Å². The van der Waals surface area contributed by atoms with Gasteiger partial charge in [0.1, 0.15) is 0 Å². The maximum Gasteiger partial charge on any atom is 0.287 e. The van der Waals surface area contributed by atoms with E-state index in [1.54, 1.807) is 17.8 Å². The van der Waals surface area contributed by atoms with Crippen molar-refractivity contribution >= 4 is 48.8 Å². The van der Waals surface area contributed by atoms with E-state index in [4.69, 9.17) is 11.6 Å². The van der Waals surface area contributed by atoms with Crippen molar-refractivity contribution < 1.29 is 8.42 Å². The van der Waals surface area contributed by atoms with Crippen molar-refractivity contribution in [2.24, 2.45) is 0 Å². The molecule has 6 nitrogen and oxygen atoms in total. The fraction of sp³-hybridized carbons (Fsp3) is 0.174. The molecule has 1 N–H and O–H groups in total. The van der Waals surface area contributed by atoms with Crippen molar-refractivity contribution in [3.05, 3.63) is 88.7 Å². The van der Waals surface area contributed by atoms with Gasteiger partial charge in [-0.3, -0.25) is 4.40 Å². The van der Waals surface area contributed by atoms with Gasteiger partial charge in [-0.25, -0.2) is 8.96 Å². The summed E-state index contributed by atoms with van der Waals surface area (Å²) in [6, 6.07) is 17.8. The number of halogens is 1. The van der Waals surface area contributed by atoms with Crippen LogP contribution in [0.5, 0.6) is 0 Å². The Hall–Kier alpha value is -2.65. The normalized spacial score (nSPS) is 12.2. The standard InChI is InChI=1S/C23H21ClN4O2S2/c24-21-22(27-13-14-31-23(27)26-21)32(29,30)28-16-18(19-10-4-5-11-20(19)28)9-6-12-25-15-17-7-2-1-3-8-17/h1-5,7-8,10-11,13-14,16,25H,6,9,12,15H2. The number of rotatable bonds is 8. The molecule has 0 aliphatic rings. The average Bonchev–Trinajstić information content (AvgIpc) is 3.47. The van der Waals surface area contributed by atoms with Crippen molar-refractivity contribution in [1.29, 1.82) is 0 Å². The first kappa shape index (κ1) is 21.2. The number of imidazole rings is 1. The Morgan fingerprint density at radius 1 is 1.06 bits per heavy atom. The van der Waals surface area contributed by atoms with Crippen molar-refractivity contribution in [2.45, 2.75) is 24.4 Å². The number of aromatic nitrogens is 3. The number of hydrogen-bond donors (Lipinski definition) is 1. The van der Waals surface area contributed by atoms with Crippen LogP contribution in [0.15, 0.2) is 77.4 Å². The van der Waals surface area contributed by atoms with Crippen molar-refractivity contribution in [3.8, 4) is 0 Å². The van der Waals surface area contributed by atoms with Crippen LogP contribution in [0.2, 0.25) is 5.15 Å². The highest BCUT2D eigenvalue weighted by molar-refractivity contribution is 7.90. The number of nitrogens with one attached hydrogen (secondary N) is 1. The maximum atomic E-state index is 13.6. The molecule has 32 heavy (non-hydrogen) atoms. The highest BCUT2D eigenvalue weighted by Gasteiger charge is 2.28. The van der Waals surface area contributed by atoms with Gasteiger partial charge >= 0.3 is 0 Å². The molecular weight excluding hydrogens is 464 g/mol. The predicted octanol–water partition coefficient (Wildman–Crippen LogP) is 4.96. The monoisotopic (exact) mass is 484 g/mol. The molecule has 9 heteroatoms. The zero-order valence-electron chi connectivity index (χ0n) is 17.1. The van der Waals surface area contributed by atoms with Crippen LogP contribution in [-0.4, -0.2) is 28.3 Å². The Morgan fingerprint density at radius 3 is 2.69 bits per heavy atom. The highest BCUT2D eigenvalue weighted by Crippen LogP contribution is 2.31. The van der Waals surface area contributed by atoms with E-state index < -0.39 is 10.0 Å². The average molecular weight is 485 g/mol. The predicted molar refractivity (Wildman–Crippen MR) is 129 cm³/mol. The minimum absolute atomic E-state index is 0.00718. The number of benzene rings is 2. The van der Waals surface area contributed by atoms with Gasteiger partial charge in [0.25, 0.3) is 10.0 Å². The SMILES string of the molecule is O=S(=O)(c1c(Cl)nc2sccn12)n1cc(CCCNCc2ccccc2)c2ccccc21. The van der Waals surface area contributed by atoms with Gasteiger partial charge in [0.15, 0.2) is 10.1 Å². The summed E-state index contributed by atoms with van der Waals surface area (Å²) in [6.45, 7) is 1.65. The summed E-state index contributed by atoms with van der Waals surface area (Å²) in [4.78, 5) is 4.74. The molecule has 0 amide bonds. The Kier molecular flexibility index (Phi) is 5.77. The molecular formula is C23H21ClN4O2S2. The first-order valence-electron chi connectivity index (χ1n) is 10.3. The summed E-state index contributed by atoms with van der Waals surface area (Å²) in [7, 11) is -3.92. The Labute approximate surface area is 195 Å². The number of fused-ring (bicyclic) bond motifs is 2. The fourth-order valence-corrected chi connectivity index (χ4v) is 6.72. The zero-order valence-corrected chi connectivity index (χ0v) is 19.5. The molecule has 0 saturated carbocycles. The van der Waals surface area contributed by atoms with Crippen LogP contribution in [0.25, 0.3) is 15.9 Å². The first-order chi connectivity index (χ1) is 15.6. The van der Waals surface area contributed by atoms with Gasteiger partial charge in [0.05, 0.1) is 5.52 Å². The molecule has 0 aliphatic carbocycles. The van der Waals surface area contributed by atoms with Crippen molar-refractivity contribution in [1.82, 2.24) is 18.7 Å². The molecule has 2 aromatic carbocycles. The van der Waals surface area contributed by atoms with Crippen LogP contribution in [0.4, 0.5) is 0 Å². The lowest BCUT2D eigenvalue weighted by atomic mass is 10.1. The molecule has 0 atom stereocenters. The van der Waals surface area contributed by atoms with E-state index in [0.717, 1.165) is 36.9 Å². The van der Waals surface area contributed by atoms with Gasteiger partial charge in [0.2, 0.25) is 5.03 Å². The molecule has 0 unspecified atom stereocenters. The summed E-state index contributed by atoms with van der Waals surface area (Å²) >= 11 is 7.59. The summed E-state index contributed by atoms with van der Waals surface area (Å²) in [5, 5.41) is 6.15. The third-order valence-corrected chi connectivity index (χ3v) is 8.24. The quantitative estimate of drug-likeness (QED) is 0.316. The Balaban J connectivity index is 1.40. The van der Waals surface area contributed by atoms with Crippen LogP contribution in [-0.2, 0) is 23.0 Å². The van der Waals surface area contributed by atoms with E-state index >= 15 is 0 Å². The van der Waals surface area contributed by atoms with Gasteiger partial charge in [0, 0.05) is 29.7 Å². The van der Waals surface area contributed by atoms with Gasteiger partial charge in [-0.2, -0.15) is 8.42 Å². The fourth-order valence-electron chi connectivity index (χ4n) is 3.91. The molecule has 0 fully saturated rings. The molecule has 0 saturated heterocycles. The number of aryl methyl sites for hydroxylation is 1. The summed E-state index contributed by atoms with van der Waals surface area (Å²) < 4.78 is 30.1. The van der Waals surface area contributed by atoms with Gasteiger partial charge in [-0.1, -0.05) is 60.1 Å². The smallest absolute Gasteiger partial charge is 0.287 e. The number of para-hydroxylation sites is 1. The minimum atomic E-state index is -3.92. The molecule has 164 valence electrons. The summed E-state index contributed by atoms with van der Waals surface area (Å²) in [6.07, 6.45) is 5.05. The number of nitrogens with zero attached hydrogens (tertiary/aromatic N) is 3. The van der Waals surface area contributed by atoms with Crippen LogP contribution in [0.1, 0.15) is 17.5 Å². The lowest BCUT2D eigenvalue weighted by molar-refractivity contribution is 0.584. The lowest BCUT2D eigenvalue weighted by Crippen LogP contribution is -2.15. The molecule has 5 aromatic rings. The summed E-state index contributed by atoms with van der Waals surface area (Å²) in [5.74, 6) is 0. The number of hydrogen-bond acceptors (Lipinski definition) is 5. The molecule has 0 aliphatic heterocycles. The third kappa shape index (κ3) is 3.84. The molecule has 0 spiro atoms.